The van der Waals surface area contributed by atoms with Crippen molar-refractivity contribution in [3.63, 3.8) is 0 Å². The first-order valence-electron chi connectivity index (χ1n) is 7.23. The van der Waals surface area contributed by atoms with Crippen LogP contribution in [0, 0.1) is 5.41 Å². The molecular weight excluding hydrogens is 208 g/mol. The Morgan fingerprint density at radius 2 is 1.82 bits per heavy atom. The smallest absolute Gasteiger partial charge is 0.0195 e. The molecule has 2 heteroatoms. The van der Waals surface area contributed by atoms with Crippen LogP contribution in [0.15, 0.2) is 0 Å². The monoisotopic (exact) mass is 240 g/mol. The Bertz CT molecular complexity index is 226. The fourth-order valence-electron chi connectivity index (χ4n) is 3.33. The first-order valence-corrected chi connectivity index (χ1v) is 7.23. The average Bonchev–Trinajstić information content (AvgIpc) is 2.15. The summed E-state index contributed by atoms with van der Waals surface area (Å²) in [5.41, 5.74) is 0.737. The molecule has 1 aliphatic heterocycles. The van der Waals surface area contributed by atoms with Crippen LogP contribution < -0.4 is 5.32 Å². The zero-order valence-corrected chi connectivity index (χ0v) is 12.8. The molecule has 0 aliphatic carbocycles. The van der Waals surface area contributed by atoms with Crippen LogP contribution in [-0.4, -0.2) is 36.1 Å². The van der Waals surface area contributed by atoms with E-state index in [1.54, 1.807) is 0 Å². The zero-order chi connectivity index (χ0) is 13.1. The zero-order valence-electron chi connectivity index (χ0n) is 12.8. The highest BCUT2D eigenvalue weighted by Gasteiger charge is 2.33. The third-order valence-corrected chi connectivity index (χ3v) is 3.71. The standard InChI is InChI=1S/C15H32N2/c1-7-8-13-11-17(10-9-16-13)15(5,6)12-14(2,3)4/h13,16H,7-12H2,1-6H3. The van der Waals surface area contributed by atoms with Crippen LogP contribution in [0.25, 0.3) is 0 Å². The summed E-state index contributed by atoms with van der Waals surface area (Å²) in [4.78, 5) is 2.69. The van der Waals surface area contributed by atoms with E-state index in [9.17, 15) is 0 Å². The molecular formula is C15H32N2. The van der Waals surface area contributed by atoms with Gasteiger partial charge in [0, 0.05) is 31.2 Å². The Labute approximate surface area is 108 Å². The fraction of sp³-hybridized carbons (Fsp3) is 1.00. The minimum absolute atomic E-state index is 0.326. The van der Waals surface area contributed by atoms with Crippen LogP contribution in [0.1, 0.15) is 60.8 Å². The summed E-state index contributed by atoms with van der Waals surface area (Å²) < 4.78 is 0. The van der Waals surface area contributed by atoms with E-state index in [0.717, 1.165) is 6.54 Å². The van der Waals surface area contributed by atoms with Gasteiger partial charge in [-0.05, 0) is 32.1 Å². The van der Waals surface area contributed by atoms with Gasteiger partial charge in [-0.25, -0.2) is 0 Å². The van der Waals surface area contributed by atoms with E-state index in [4.69, 9.17) is 0 Å². The van der Waals surface area contributed by atoms with E-state index < -0.39 is 0 Å². The highest BCUT2D eigenvalue weighted by atomic mass is 15.2. The van der Waals surface area contributed by atoms with Gasteiger partial charge in [-0.2, -0.15) is 0 Å². The molecule has 0 aromatic carbocycles. The van der Waals surface area contributed by atoms with E-state index in [1.807, 2.05) is 0 Å². The van der Waals surface area contributed by atoms with Gasteiger partial charge >= 0.3 is 0 Å². The fourth-order valence-corrected chi connectivity index (χ4v) is 3.33. The van der Waals surface area contributed by atoms with Crippen molar-refractivity contribution in [2.24, 2.45) is 5.41 Å². The normalized spacial score (nSPS) is 24.0. The molecule has 1 aliphatic rings. The summed E-state index contributed by atoms with van der Waals surface area (Å²) >= 11 is 0. The molecule has 1 rings (SSSR count). The SMILES string of the molecule is CCCC1CN(C(C)(C)CC(C)(C)C)CCN1. The van der Waals surface area contributed by atoms with Gasteiger partial charge in [0.1, 0.15) is 0 Å². The van der Waals surface area contributed by atoms with Gasteiger partial charge in [0.05, 0.1) is 0 Å². The molecule has 1 heterocycles. The largest absolute Gasteiger partial charge is 0.311 e. The molecule has 1 saturated heterocycles. The molecule has 102 valence electrons. The van der Waals surface area contributed by atoms with E-state index in [2.05, 4.69) is 51.8 Å². The highest BCUT2D eigenvalue weighted by molar-refractivity contribution is 4.91. The number of nitrogens with one attached hydrogen (secondary N) is 1. The van der Waals surface area contributed by atoms with Gasteiger partial charge < -0.3 is 5.32 Å². The predicted molar refractivity (Wildman–Crippen MR) is 76.4 cm³/mol. The minimum Gasteiger partial charge on any atom is -0.311 e. The van der Waals surface area contributed by atoms with Crippen LogP contribution in [0.4, 0.5) is 0 Å². The van der Waals surface area contributed by atoms with Crippen molar-refractivity contribution in [3.05, 3.63) is 0 Å². The first-order chi connectivity index (χ1) is 7.74. The summed E-state index contributed by atoms with van der Waals surface area (Å²) in [6.45, 7) is 17.7. The van der Waals surface area contributed by atoms with E-state index in [-0.39, 0.29) is 0 Å². The third-order valence-electron chi connectivity index (χ3n) is 3.71. The Morgan fingerprint density at radius 3 is 2.35 bits per heavy atom. The number of hydrogen-bond donors (Lipinski definition) is 1. The van der Waals surface area contributed by atoms with Crippen molar-refractivity contribution in [3.8, 4) is 0 Å². The maximum atomic E-state index is 3.64. The predicted octanol–water partition coefficient (Wildman–Crippen LogP) is 3.28. The topological polar surface area (TPSA) is 15.3 Å². The van der Waals surface area contributed by atoms with E-state index in [1.165, 1.54) is 32.4 Å². The molecule has 0 aromatic heterocycles. The van der Waals surface area contributed by atoms with Gasteiger partial charge in [-0.1, -0.05) is 34.1 Å². The lowest BCUT2D eigenvalue weighted by Gasteiger charge is -2.46. The Kier molecular flexibility index (Phi) is 5.03. The number of piperazine rings is 1. The van der Waals surface area contributed by atoms with Crippen molar-refractivity contribution in [2.45, 2.75) is 72.4 Å². The summed E-state index contributed by atoms with van der Waals surface area (Å²) in [5, 5.41) is 3.64. The number of rotatable bonds is 4. The van der Waals surface area contributed by atoms with Crippen molar-refractivity contribution in [1.29, 1.82) is 0 Å². The lowest BCUT2D eigenvalue weighted by atomic mass is 9.80. The lowest BCUT2D eigenvalue weighted by Crippen LogP contribution is -2.58. The maximum Gasteiger partial charge on any atom is 0.0195 e. The molecule has 1 fully saturated rings. The molecule has 1 N–H and O–H groups in total. The van der Waals surface area contributed by atoms with Gasteiger partial charge in [0.15, 0.2) is 0 Å². The average molecular weight is 240 g/mol. The second kappa shape index (κ2) is 5.71. The van der Waals surface area contributed by atoms with Crippen LogP contribution in [0.5, 0.6) is 0 Å². The third kappa shape index (κ3) is 4.97. The van der Waals surface area contributed by atoms with E-state index in [0.29, 0.717) is 17.0 Å². The number of hydrogen-bond acceptors (Lipinski definition) is 2. The minimum atomic E-state index is 0.326. The molecule has 1 unspecified atom stereocenters. The van der Waals surface area contributed by atoms with Crippen molar-refractivity contribution < 1.29 is 0 Å². The summed E-state index contributed by atoms with van der Waals surface area (Å²) in [6, 6.07) is 0.702. The highest BCUT2D eigenvalue weighted by Crippen LogP contribution is 2.31. The summed E-state index contributed by atoms with van der Waals surface area (Å²) in [6.07, 6.45) is 3.85. The van der Waals surface area contributed by atoms with Gasteiger partial charge in [-0.15, -0.1) is 0 Å². The molecule has 17 heavy (non-hydrogen) atoms. The van der Waals surface area contributed by atoms with Crippen molar-refractivity contribution in [1.82, 2.24) is 10.2 Å². The van der Waals surface area contributed by atoms with E-state index >= 15 is 0 Å². The molecule has 0 aromatic rings. The number of nitrogens with zero attached hydrogens (tertiary/aromatic N) is 1. The molecule has 0 saturated carbocycles. The Hall–Kier alpha value is -0.0800. The maximum absolute atomic E-state index is 3.64. The first kappa shape index (κ1) is 15.0. The van der Waals surface area contributed by atoms with Gasteiger partial charge in [0.25, 0.3) is 0 Å². The molecule has 0 radical (unpaired) electrons. The molecule has 2 nitrogen and oxygen atoms in total. The second-order valence-corrected chi connectivity index (χ2v) is 7.44. The van der Waals surface area contributed by atoms with Crippen LogP contribution in [-0.2, 0) is 0 Å². The quantitative estimate of drug-likeness (QED) is 0.811. The summed E-state index contributed by atoms with van der Waals surface area (Å²) in [7, 11) is 0. The van der Waals surface area contributed by atoms with Crippen molar-refractivity contribution >= 4 is 0 Å². The Morgan fingerprint density at radius 1 is 1.18 bits per heavy atom. The Balaban J connectivity index is 2.58. The second-order valence-electron chi connectivity index (χ2n) is 7.44. The molecule has 0 spiro atoms. The van der Waals surface area contributed by atoms with Crippen LogP contribution in [0.3, 0.4) is 0 Å². The molecule has 0 amide bonds. The van der Waals surface area contributed by atoms with Gasteiger partial charge in [0.2, 0.25) is 0 Å². The van der Waals surface area contributed by atoms with Crippen LogP contribution in [0.2, 0.25) is 0 Å². The summed E-state index contributed by atoms with van der Waals surface area (Å²) in [5.74, 6) is 0. The lowest BCUT2D eigenvalue weighted by molar-refractivity contribution is 0.0484. The molecule has 1 atom stereocenters. The van der Waals surface area contributed by atoms with Crippen molar-refractivity contribution in [2.75, 3.05) is 19.6 Å². The van der Waals surface area contributed by atoms with Crippen LogP contribution >= 0.6 is 0 Å². The van der Waals surface area contributed by atoms with Gasteiger partial charge in [-0.3, -0.25) is 4.90 Å². The molecule has 0 bridgehead atoms.